The van der Waals surface area contributed by atoms with Crippen LogP contribution in [0.2, 0.25) is 0 Å². The van der Waals surface area contributed by atoms with Crippen molar-refractivity contribution in [3.8, 4) is 22.5 Å². The SMILES string of the molecule is CC(C)(C)c1cc(N(c2cccc(-c3ccc(F)cc3F)n2)c2cccc(-c3ccc(F)cc3Br)n2)cc(C(C)(C)C)c1. The highest BCUT2D eigenvalue weighted by Crippen LogP contribution is 2.40. The minimum atomic E-state index is -0.692. The van der Waals surface area contributed by atoms with Crippen LogP contribution in [-0.2, 0) is 10.8 Å². The summed E-state index contributed by atoms with van der Waals surface area (Å²) in [4.78, 5) is 11.8. The van der Waals surface area contributed by atoms with Crippen LogP contribution in [0.1, 0.15) is 52.7 Å². The van der Waals surface area contributed by atoms with Crippen molar-refractivity contribution in [2.75, 3.05) is 4.90 Å². The van der Waals surface area contributed by atoms with E-state index >= 15 is 0 Å². The molecule has 2 aromatic heterocycles. The predicted molar refractivity (Wildman–Crippen MR) is 173 cm³/mol. The normalized spacial score (nSPS) is 12.0. The van der Waals surface area contributed by atoms with Crippen LogP contribution in [0, 0.1) is 17.5 Å². The standard InChI is InChI=1S/C36H33BrF3N3/c1-35(2,3)22-17-23(36(4,5)6)19-26(18-22)43(33-11-7-9-31(41-33)27-15-13-24(38)20-29(27)37)34-12-8-10-32(42-34)28-16-14-25(39)21-30(28)40/h7-21H,1-6H3. The first kappa shape index (κ1) is 30.5. The molecule has 5 rings (SSSR count). The summed E-state index contributed by atoms with van der Waals surface area (Å²) in [5.74, 6) is -0.613. The smallest absolute Gasteiger partial charge is 0.139 e. The molecule has 0 spiro atoms. The van der Waals surface area contributed by atoms with Crippen molar-refractivity contribution in [1.82, 2.24) is 9.97 Å². The maximum absolute atomic E-state index is 14.9. The fourth-order valence-corrected chi connectivity index (χ4v) is 5.33. The van der Waals surface area contributed by atoms with Gasteiger partial charge in [0, 0.05) is 27.4 Å². The first-order valence-corrected chi connectivity index (χ1v) is 14.8. The van der Waals surface area contributed by atoms with Gasteiger partial charge in [0.05, 0.1) is 11.4 Å². The summed E-state index contributed by atoms with van der Waals surface area (Å²) >= 11 is 3.48. The fourth-order valence-electron chi connectivity index (χ4n) is 4.78. The summed E-state index contributed by atoms with van der Waals surface area (Å²) in [7, 11) is 0. The molecule has 0 bridgehead atoms. The molecule has 2 heterocycles. The molecule has 0 aliphatic rings. The summed E-state index contributed by atoms with van der Waals surface area (Å²) in [5.41, 5.74) is 4.74. The second-order valence-electron chi connectivity index (χ2n) is 12.6. The van der Waals surface area contributed by atoms with Crippen molar-refractivity contribution in [3.05, 3.63) is 124 Å². The second-order valence-corrected chi connectivity index (χ2v) is 13.5. The molecule has 220 valence electrons. The molecule has 0 atom stereocenters. The average molecular weight is 645 g/mol. The zero-order valence-electron chi connectivity index (χ0n) is 25.0. The number of pyridine rings is 2. The van der Waals surface area contributed by atoms with Crippen LogP contribution in [0.15, 0.2) is 95.5 Å². The van der Waals surface area contributed by atoms with Gasteiger partial charge in [0.2, 0.25) is 0 Å². The third-order valence-electron chi connectivity index (χ3n) is 7.25. The van der Waals surface area contributed by atoms with E-state index < -0.39 is 11.6 Å². The van der Waals surface area contributed by atoms with Crippen LogP contribution in [0.5, 0.6) is 0 Å². The Morgan fingerprint density at radius 2 is 1.07 bits per heavy atom. The molecule has 0 unspecified atom stereocenters. The third kappa shape index (κ3) is 6.67. The molecule has 43 heavy (non-hydrogen) atoms. The molecule has 0 radical (unpaired) electrons. The van der Waals surface area contributed by atoms with Gasteiger partial charge < -0.3 is 0 Å². The minimum Gasteiger partial charge on any atom is -0.279 e. The largest absolute Gasteiger partial charge is 0.279 e. The lowest BCUT2D eigenvalue weighted by Crippen LogP contribution is -2.20. The molecular formula is C36H33BrF3N3. The Morgan fingerprint density at radius 1 is 0.581 bits per heavy atom. The minimum absolute atomic E-state index is 0.150. The molecule has 0 saturated heterocycles. The molecule has 0 N–H and O–H groups in total. The topological polar surface area (TPSA) is 29.0 Å². The van der Waals surface area contributed by atoms with E-state index in [0.29, 0.717) is 27.5 Å². The lowest BCUT2D eigenvalue weighted by atomic mass is 9.80. The Labute approximate surface area is 259 Å². The van der Waals surface area contributed by atoms with Gasteiger partial charge in [-0.3, -0.25) is 4.90 Å². The number of anilines is 3. The molecule has 0 aliphatic heterocycles. The number of halogens is 4. The lowest BCUT2D eigenvalue weighted by Gasteiger charge is -2.30. The molecule has 0 aliphatic carbocycles. The van der Waals surface area contributed by atoms with Crippen LogP contribution in [-0.4, -0.2) is 9.97 Å². The van der Waals surface area contributed by atoms with E-state index in [-0.39, 0.29) is 22.2 Å². The van der Waals surface area contributed by atoms with Gasteiger partial charge >= 0.3 is 0 Å². The van der Waals surface area contributed by atoms with E-state index in [4.69, 9.17) is 9.97 Å². The zero-order chi connectivity index (χ0) is 31.1. The van der Waals surface area contributed by atoms with Gasteiger partial charge in [0.1, 0.15) is 29.1 Å². The van der Waals surface area contributed by atoms with E-state index in [1.165, 1.54) is 24.3 Å². The number of hydrogen-bond donors (Lipinski definition) is 0. The molecule has 3 nitrogen and oxygen atoms in total. The van der Waals surface area contributed by atoms with Crippen molar-refractivity contribution < 1.29 is 13.2 Å². The molecule has 3 aromatic carbocycles. The maximum Gasteiger partial charge on any atom is 0.139 e. The van der Waals surface area contributed by atoms with E-state index in [1.54, 1.807) is 18.2 Å². The highest BCUT2D eigenvalue weighted by atomic mass is 79.9. The van der Waals surface area contributed by atoms with Crippen LogP contribution in [0.4, 0.5) is 30.5 Å². The Hall–Kier alpha value is -3.97. The lowest BCUT2D eigenvalue weighted by molar-refractivity contribution is 0.568. The quantitative estimate of drug-likeness (QED) is 0.191. The van der Waals surface area contributed by atoms with Crippen molar-refractivity contribution in [1.29, 1.82) is 0 Å². The van der Waals surface area contributed by atoms with Gasteiger partial charge in [0.15, 0.2) is 0 Å². The highest BCUT2D eigenvalue weighted by Gasteiger charge is 2.25. The highest BCUT2D eigenvalue weighted by molar-refractivity contribution is 9.10. The Balaban J connectivity index is 1.76. The number of hydrogen-bond acceptors (Lipinski definition) is 3. The molecule has 0 amide bonds. The van der Waals surface area contributed by atoms with E-state index in [0.717, 1.165) is 28.4 Å². The number of nitrogens with zero attached hydrogens (tertiary/aromatic N) is 3. The average Bonchev–Trinajstić information content (AvgIpc) is 2.92. The Morgan fingerprint density at radius 3 is 1.56 bits per heavy atom. The first-order valence-electron chi connectivity index (χ1n) is 14.0. The van der Waals surface area contributed by atoms with Crippen LogP contribution in [0.3, 0.4) is 0 Å². The van der Waals surface area contributed by atoms with Crippen molar-refractivity contribution in [2.24, 2.45) is 0 Å². The molecule has 0 saturated carbocycles. The summed E-state index contributed by atoms with van der Waals surface area (Å²) in [5, 5.41) is 0. The van der Waals surface area contributed by atoms with E-state index in [2.05, 4.69) is 75.7 Å². The summed E-state index contributed by atoms with van der Waals surface area (Å²) in [6.45, 7) is 13.0. The van der Waals surface area contributed by atoms with Crippen LogP contribution in [0.25, 0.3) is 22.5 Å². The number of aromatic nitrogens is 2. The summed E-state index contributed by atoms with van der Waals surface area (Å²) < 4.78 is 43.0. The van der Waals surface area contributed by atoms with E-state index in [1.807, 2.05) is 29.2 Å². The maximum atomic E-state index is 14.9. The van der Waals surface area contributed by atoms with Crippen molar-refractivity contribution >= 4 is 33.3 Å². The van der Waals surface area contributed by atoms with Gasteiger partial charge in [-0.05, 0) is 105 Å². The Bertz CT molecular complexity index is 1680. The summed E-state index contributed by atoms with van der Waals surface area (Å²) in [6.07, 6.45) is 0. The third-order valence-corrected chi connectivity index (χ3v) is 7.91. The molecule has 0 fully saturated rings. The van der Waals surface area contributed by atoms with E-state index in [9.17, 15) is 13.2 Å². The van der Waals surface area contributed by atoms with Crippen molar-refractivity contribution in [2.45, 2.75) is 52.4 Å². The van der Waals surface area contributed by atoms with Crippen LogP contribution >= 0.6 is 15.9 Å². The first-order chi connectivity index (χ1) is 20.2. The van der Waals surface area contributed by atoms with Gasteiger partial charge in [-0.2, -0.15) is 0 Å². The fraction of sp³-hybridized carbons (Fsp3) is 0.222. The predicted octanol–water partition coefficient (Wildman–Crippen LogP) is 11.1. The molecule has 5 aromatic rings. The van der Waals surface area contributed by atoms with Crippen LogP contribution < -0.4 is 4.90 Å². The van der Waals surface area contributed by atoms with Gasteiger partial charge in [-0.1, -0.05) is 59.7 Å². The second kappa shape index (κ2) is 11.6. The molecule has 7 heteroatoms. The van der Waals surface area contributed by atoms with Gasteiger partial charge in [-0.15, -0.1) is 0 Å². The van der Waals surface area contributed by atoms with Gasteiger partial charge in [-0.25, -0.2) is 23.1 Å². The number of benzene rings is 3. The molecular weight excluding hydrogens is 611 g/mol. The van der Waals surface area contributed by atoms with Crippen molar-refractivity contribution in [3.63, 3.8) is 0 Å². The van der Waals surface area contributed by atoms with Gasteiger partial charge in [0.25, 0.3) is 0 Å². The summed E-state index contributed by atoms with van der Waals surface area (Å²) in [6, 6.07) is 25.4. The zero-order valence-corrected chi connectivity index (χ0v) is 26.6. The number of rotatable bonds is 5. The Kier molecular flexibility index (Phi) is 8.23. The monoisotopic (exact) mass is 643 g/mol.